The van der Waals surface area contributed by atoms with E-state index >= 15 is 0 Å². The first-order valence-electron chi connectivity index (χ1n) is 6.87. The molecule has 1 aromatic carbocycles. The predicted octanol–water partition coefficient (Wildman–Crippen LogP) is 1.92. The second-order valence-electron chi connectivity index (χ2n) is 4.83. The van der Waals surface area contributed by atoms with Crippen molar-refractivity contribution in [1.82, 2.24) is 5.32 Å². The summed E-state index contributed by atoms with van der Waals surface area (Å²) in [6.45, 7) is 2.78. The molecule has 0 spiro atoms. The molecule has 1 unspecified atom stereocenters. The molecule has 1 aromatic rings. The third-order valence-corrected chi connectivity index (χ3v) is 3.56. The van der Waals surface area contributed by atoms with Gasteiger partial charge in [-0.15, -0.1) is 0 Å². The van der Waals surface area contributed by atoms with E-state index in [1.165, 1.54) is 0 Å². The molecule has 5 nitrogen and oxygen atoms in total. The Morgan fingerprint density at radius 2 is 2.05 bits per heavy atom. The summed E-state index contributed by atoms with van der Waals surface area (Å²) in [6.07, 6.45) is 2.50. The van der Waals surface area contributed by atoms with Crippen molar-refractivity contribution in [1.29, 1.82) is 0 Å². The first-order chi connectivity index (χ1) is 9.81. The fourth-order valence-electron chi connectivity index (χ4n) is 2.31. The van der Waals surface area contributed by atoms with Gasteiger partial charge in [0.15, 0.2) is 16.6 Å². The first kappa shape index (κ1) is 13.5. The summed E-state index contributed by atoms with van der Waals surface area (Å²) in [5.41, 5.74) is 0.888. The van der Waals surface area contributed by atoms with Gasteiger partial charge in [0.1, 0.15) is 13.2 Å². The van der Waals surface area contributed by atoms with Crippen molar-refractivity contribution >= 4 is 23.0 Å². The molecule has 0 aliphatic carbocycles. The van der Waals surface area contributed by atoms with Crippen LogP contribution in [-0.4, -0.2) is 37.6 Å². The van der Waals surface area contributed by atoms with Crippen LogP contribution in [0.3, 0.4) is 0 Å². The van der Waals surface area contributed by atoms with Gasteiger partial charge in [0, 0.05) is 24.9 Å². The number of rotatable bonds is 3. The molecule has 6 heteroatoms. The van der Waals surface area contributed by atoms with Crippen LogP contribution in [0, 0.1) is 0 Å². The van der Waals surface area contributed by atoms with Crippen LogP contribution in [0.4, 0.5) is 5.69 Å². The Bertz CT molecular complexity index is 489. The van der Waals surface area contributed by atoms with Gasteiger partial charge in [-0.05, 0) is 37.2 Å². The molecule has 0 amide bonds. The minimum atomic E-state index is 0.273. The Labute approximate surface area is 123 Å². The Morgan fingerprint density at radius 3 is 2.85 bits per heavy atom. The van der Waals surface area contributed by atoms with Gasteiger partial charge in [-0.1, -0.05) is 0 Å². The van der Waals surface area contributed by atoms with E-state index in [2.05, 4.69) is 10.6 Å². The highest BCUT2D eigenvalue weighted by Crippen LogP contribution is 2.32. The molecule has 3 rings (SSSR count). The molecule has 20 heavy (non-hydrogen) atoms. The van der Waals surface area contributed by atoms with Gasteiger partial charge in [-0.3, -0.25) is 0 Å². The lowest BCUT2D eigenvalue weighted by Crippen LogP contribution is -2.34. The molecule has 2 heterocycles. The van der Waals surface area contributed by atoms with Crippen LogP contribution in [0.15, 0.2) is 18.2 Å². The average molecular weight is 294 g/mol. The van der Waals surface area contributed by atoms with Crippen LogP contribution in [-0.2, 0) is 4.74 Å². The Morgan fingerprint density at radius 1 is 1.20 bits per heavy atom. The van der Waals surface area contributed by atoms with Crippen LogP contribution >= 0.6 is 12.2 Å². The van der Waals surface area contributed by atoms with Crippen molar-refractivity contribution in [2.75, 3.05) is 31.7 Å². The van der Waals surface area contributed by atoms with E-state index in [4.69, 9.17) is 26.4 Å². The quantitative estimate of drug-likeness (QED) is 0.831. The van der Waals surface area contributed by atoms with Gasteiger partial charge in [0.2, 0.25) is 0 Å². The standard InChI is InChI=1S/C14H18N2O3S/c20-14(15-9-11-2-1-5-17-11)16-10-3-4-12-13(8-10)19-7-6-18-12/h3-4,8,11H,1-2,5-7,9H2,(H2,15,16,20). The van der Waals surface area contributed by atoms with Gasteiger partial charge in [-0.2, -0.15) is 0 Å². The first-order valence-corrected chi connectivity index (χ1v) is 7.28. The van der Waals surface area contributed by atoms with Gasteiger partial charge >= 0.3 is 0 Å². The molecule has 2 N–H and O–H groups in total. The van der Waals surface area contributed by atoms with E-state index in [1.807, 2.05) is 18.2 Å². The molecule has 0 bridgehead atoms. The molecule has 1 fully saturated rings. The van der Waals surface area contributed by atoms with E-state index in [1.54, 1.807) is 0 Å². The van der Waals surface area contributed by atoms with Crippen molar-refractivity contribution in [2.24, 2.45) is 0 Å². The van der Waals surface area contributed by atoms with Crippen LogP contribution in [0.25, 0.3) is 0 Å². The number of thiocarbonyl (C=S) groups is 1. The maximum absolute atomic E-state index is 5.54. The molecule has 0 aromatic heterocycles. The van der Waals surface area contributed by atoms with Crippen molar-refractivity contribution in [3.8, 4) is 11.5 Å². The lowest BCUT2D eigenvalue weighted by molar-refractivity contribution is 0.114. The number of ether oxygens (including phenoxy) is 3. The summed E-state index contributed by atoms with van der Waals surface area (Å²) < 4.78 is 16.6. The number of nitrogens with one attached hydrogen (secondary N) is 2. The predicted molar refractivity (Wildman–Crippen MR) is 80.6 cm³/mol. The molecule has 1 saturated heterocycles. The fourth-order valence-corrected chi connectivity index (χ4v) is 2.51. The van der Waals surface area contributed by atoms with E-state index in [-0.39, 0.29) is 6.10 Å². The topological polar surface area (TPSA) is 51.8 Å². The summed E-state index contributed by atoms with van der Waals surface area (Å²) in [5.74, 6) is 1.53. The summed E-state index contributed by atoms with van der Waals surface area (Å²) >= 11 is 5.28. The van der Waals surface area contributed by atoms with Crippen molar-refractivity contribution in [2.45, 2.75) is 18.9 Å². The summed E-state index contributed by atoms with van der Waals surface area (Å²) in [7, 11) is 0. The zero-order valence-electron chi connectivity index (χ0n) is 11.2. The Hall–Kier alpha value is -1.53. The van der Waals surface area contributed by atoms with Crippen LogP contribution in [0.5, 0.6) is 11.5 Å². The van der Waals surface area contributed by atoms with Gasteiger partial charge in [0.25, 0.3) is 0 Å². The van der Waals surface area contributed by atoms with Gasteiger partial charge in [-0.25, -0.2) is 0 Å². The SMILES string of the molecule is S=C(NCC1CCCO1)Nc1ccc2c(c1)OCCO2. The molecule has 108 valence electrons. The highest BCUT2D eigenvalue weighted by atomic mass is 32.1. The smallest absolute Gasteiger partial charge is 0.170 e. The molecule has 0 radical (unpaired) electrons. The van der Waals surface area contributed by atoms with E-state index in [0.717, 1.165) is 43.2 Å². The number of benzene rings is 1. The van der Waals surface area contributed by atoms with Crippen LogP contribution in [0.2, 0.25) is 0 Å². The van der Waals surface area contributed by atoms with E-state index < -0.39 is 0 Å². The molecular weight excluding hydrogens is 276 g/mol. The van der Waals surface area contributed by atoms with Crippen molar-refractivity contribution in [3.05, 3.63) is 18.2 Å². The van der Waals surface area contributed by atoms with E-state index in [0.29, 0.717) is 18.3 Å². The highest BCUT2D eigenvalue weighted by molar-refractivity contribution is 7.80. The van der Waals surface area contributed by atoms with Gasteiger partial charge < -0.3 is 24.8 Å². The third-order valence-electron chi connectivity index (χ3n) is 3.31. The molecular formula is C14H18N2O3S. The minimum Gasteiger partial charge on any atom is -0.486 e. The average Bonchev–Trinajstić information content (AvgIpc) is 2.98. The highest BCUT2D eigenvalue weighted by Gasteiger charge is 2.16. The zero-order valence-corrected chi connectivity index (χ0v) is 12.0. The molecule has 2 aliphatic heterocycles. The number of fused-ring (bicyclic) bond motifs is 1. The number of hydrogen-bond acceptors (Lipinski definition) is 4. The summed E-state index contributed by atoms with van der Waals surface area (Å²) in [6, 6.07) is 5.71. The summed E-state index contributed by atoms with van der Waals surface area (Å²) in [5, 5.41) is 6.92. The zero-order chi connectivity index (χ0) is 13.8. The lowest BCUT2D eigenvalue weighted by Gasteiger charge is -2.19. The monoisotopic (exact) mass is 294 g/mol. The summed E-state index contributed by atoms with van der Waals surface area (Å²) in [4.78, 5) is 0. The van der Waals surface area contributed by atoms with Crippen LogP contribution in [0.1, 0.15) is 12.8 Å². The third kappa shape index (κ3) is 3.32. The second-order valence-corrected chi connectivity index (χ2v) is 5.24. The van der Waals surface area contributed by atoms with E-state index in [9.17, 15) is 0 Å². The Kier molecular flexibility index (Phi) is 4.22. The minimum absolute atomic E-state index is 0.273. The lowest BCUT2D eigenvalue weighted by atomic mass is 10.2. The Balaban J connectivity index is 1.52. The molecule has 0 saturated carbocycles. The normalized spacial score (nSPS) is 20.5. The maximum atomic E-state index is 5.54. The van der Waals surface area contributed by atoms with Crippen LogP contribution < -0.4 is 20.1 Å². The second kappa shape index (κ2) is 6.28. The number of hydrogen-bond donors (Lipinski definition) is 2. The van der Waals surface area contributed by atoms with Gasteiger partial charge in [0.05, 0.1) is 6.10 Å². The van der Waals surface area contributed by atoms with Crippen molar-refractivity contribution < 1.29 is 14.2 Å². The van der Waals surface area contributed by atoms with Crippen molar-refractivity contribution in [3.63, 3.8) is 0 Å². The maximum Gasteiger partial charge on any atom is 0.170 e. The fraction of sp³-hybridized carbons (Fsp3) is 0.500. The molecule has 2 aliphatic rings. The number of anilines is 1. The molecule has 1 atom stereocenters. The largest absolute Gasteiger partial charge is 0.486 e.